The van der Waals surface area contributed by atoms with E-state index in [1.807, 2.05) is 7.05 Å². The number of aromatic nitrogens is 2. The van der Waals surface area contributed by atoms with Crippen molar-refractivity contribution in [2.75, 3.05) is 18.4 Å². The lowest BCUT2D eigenvalue weighted by Gasteiger charge is -2.35. The topological polar surface area (TPSA) is 67.4 Å². The van der Waals surface area contributed by atoms with Crippen LogP contribution in [0.3, 0.4) is 0 Å². The highest BCUT2D eigenvalue weighted by molar-refractivity contribution is 6.30. The van der Waals surface area contributed by atoms with Crippen LogP contribution in [0.1, 0.15) is 12.0 Å². The van der Waals surface area contributed by atoms with Crippen molar-refractivity contribution in [1.82, 2.24) is 9.47 Å². The minimum absolute atomic E-state index is 0.148. The van der Waals surface area contributed by atoms with Gasteiger partial charge in [0.1, 0.15) is 12.4 Å². The summed E-state index contributed by atoms with van der Waals surface area (Å²) < 4.78 is 8.93. The molecular formula is C16H16ClN4O3+. The minimum atomic E-state index is -0.854. The van der Waals surface area contributed by atoms with Gasteiger partial charge in [0.25, 0.3) is 6.33 Å². The fraction of sp³-hybridized carbons (Fsp3) is 0.312. The third-order valence-corrected chi connectivity index (χ3v) is 4.72. The molecule has 124 valence electrons. The lowest BCUT2D eigenvalue weighted by atomic mass is 9.90. The summed E-state index contributed by atoms with van der Waals surface area (Å²) >= 11 is 6.12. The molecule has 3 heterocycles. The molecule has 24 heavy (non-hydrogen) atoms. The van der Waals surface area contributed by atoms with E-state index in [4.69, 9.17) is 16.3 Å². The molecule has 4 rings (SSSR count). The van der Waals surface area contributed by atoms with Gasteiger partial charge in [0.05, 0.1) is 19.3 Å². The lowest BCUT2D eigenvalue weighted by molar-refractivity contribution is -0.670. The first-order valence-electron chi connectivity index (χ1n) is 7.59. The first-order valence-corrected chi connectivity index (χ1v) is 7.97. The first-order chi connectivity index (χ1) is 11.5. The number of hydrogen-bond acceptors (Lipinski definition) is 3. The molecule has 1 N–H and O–H groups in total. The van der Waals surface area contributed by atoms with Crippen LogP contribution in [0.4, 0.5) is 15.3 Å². The number of imidazole rings is 1. The fourth-order valence-corrected chi connectivity index (χ4v) is 3.52. The summed E-state index contributed by atoms with van der Waals surface area (Å²) in [6, 6.07) is 5.12. The van der Waals surface area contributed by atoms with Gasteiger partial charge in [-0.3, -0.25) is 10.2 Å². The van der Waals surface area contributed by atoms with Gasteiger partial charge in [0, 0.05) is 23.6 Å². The van der Waals surface area contributed by atoms with Crippen molar-refractivity contribution in [3.63, 3.8) is 0 Å². The maximum absolute atomic E-state index is 12.6. The molecule has 1 fully saturated rings. The van der Waals surface area contributed by atoms with Crippen LogP contribution in [0.2, 0.25) is 5.02 Å². The summed E-state index contributed by atoms with van der Waals surface area (Å²) in [5, 5.41) is 3.25. The van der Waals surface area contributed by atoms with Crippen LogP contribution < -0.4 is 9.88 Å². The van der Waals surface area contributed by atoms with E-state index in [1.165, 1.54) is 4.57 Å². The predicted octanol–water partition coefficient (Wildman–Crippen LogP) is 2.10. The summed E-state index contributed by atoms with van der Waals surface area (Å²) in [6.07, 6.45) is 5.22. The Hall–Kier alpha value is -2.54. The second kappa shape index (κ2) is 5.24. The maximum Gasteiger partial charge on any atom is 0.415 e. The van der Waals surface area contributed by atoms with E-state index in [0.717, 1.165) is 5.56 Å². The Balaban J connectivity index is 1.67. The quantitative estimate of drug-likeness (QED) is 0.742. The van der Waals surface area contributed by atoms with Crippen molar-refractivity contribution < 1.29 is 18.9 Å². The molecule has 0 aliphatic carbocycles. The van der Waals surface area contributed by atoms with E-state index < -0.39 is 11.7 Å². The van der Waals surface area contributed by atoms with E-state index in [0.29, 0.717) is 30.2 Å². The molecule has 0 radical (unpaired) electrons. The van der Waals surface area contributed by atoms with Crippen molar-refractivity contribution in [2.24, 2.45) is 7.05 Å². The molecule has 1 spiro atoms. The van der Waals surface area contributed by atoms with Crippen LogP contribution in [-0.4, -0.2) is 34.7 Å². The number of fused-ring (bicyclic) bond motifs is 2. The smallest absolute Gasteiger partial charge is 0.415 e. The Morgan fingerprint density at radius 2 is 2.29 bits per heavy atom. The monoisotopic (exact) mass is 347 g/mol. The fourth-order valence-electron chi connectivity index (χ4n) is 3.35. The summed E-state index contributed by atoms with van der Waals surface area (Å²) in [4.78, 5) is 26.3. The van der Waals surface area contributed by atoms with Crippen LogP contribution in [0.15, 0.2) is 36.9 Å². The number of benzene rings is 1. The van der Waals surface area contributed by atoms with Gasteiger partial charge in [-0.05, 0) is 18.2 Å². The summed E-state index contributed by atoms with van der Waals surface area (Å²) in [5.74, 6) is 0. The molecule has 0 bridgehead atoms. The van der Waals surface area contributed by atoms with Gasteiger partial charge in [0.15, 0.2) is 5.60 Å². The van der Waals surface area contributed by atoms with Crippen LogP contribution in [0.5, 0.6) is 0 Å². The van der Waals surface area contributed by atoms with E-state index >= 15 is 0 Å². The van der Waals surface area contributed by atoms with Crippen LogP contribution >= 0.6 is 11.6 Å². The zero-order valence-corrected chi connectivity index (χ0v) is 13.8. The van der Waals surface area contributed by atoms with Crippen molar-refractivity contribution in [3.8, 4) is 0 Å². The van der Waals surface area contributed by atoms with E-state index in [9.17, 15) is 9.59 Å². The number of amides is 2. The van der Waals surface area contributed by atoms with Gasteiger partial charge in [-0.1, -0.05) is 11.6 Å². The van der Waals surface area contributed by atoms with Crippen molar-refractivity contribution in [2.45, 2.75) is 12.0 Å². The first kappa shape index (κ1) is 15.0. The molecule has 8 heteroatoms. The predicted molar refractivity (Wildman–Crippen MR) is 85.8 cm³/mol. The lowest BCUT2D eigenvalue weighted by Crippen LogP contribution is -2.43. The Bertz CT molecular complexity index is 850. The van der Waals surface area contributed by atoms with Crippen LogP contribution in [0.25, 0.3) is 0 Å². The van der Waals surface area contributed by atoms with E-state index in [1.54, 1.807) is 46.4 Å². The van der Waals surface area contributed by atoms with Gasteiger partial charge in [0.2, 0.25) is 0 Å². The highest BCUT2D eigenvalue weighted by Gasteiger charge is 2.49. The zero-order chi connectivity index (χ0) is 16.9. The molecule has 1 saturated heterocycles. The Kier molecular flexibility index (Phi) is 3.28. The van der Waals surface area contributed by atoms with Crippen LogP contribution in [0, 0.1) is 0 Å². The van der Waals surface area contributed by atoms with Gasteiger partial charge in [-0.2, -0.15) is 4.57 Å². The SMILES string of the molecule is C[n+]1ccn(C(=O)N2CC[C@@]3(C2)OC(=O)Nc2ccc(Cl)cc23)c1. The summed E-state index contributed by atoms with van der Waals surface area (Å²) in [7, 11) is 1.85. The van der Waals surface area contributed by atoms with Gasteiger partial charge < -0.3 is 4.74 Å². The third kappa shape index (κ3) is 2.32. The third-order valence-electron chi connectivity index (χ3n) is 4.49. The standard InChI is InChI=1S/C16H15ClN4O3/c1-19-6-7-21(10-19)15(23)20-5-4-16(9-20)12-8-11(17)2-3-13(12)18-14(22)24-16/h2-3,6-8,10H,4-5,9H2,1H3/p+1/t16-/m0/s1. The molecule has 0 unspecified atom stereocenters. The number of nitrogens with zero attached hydrogens (tertiary/aromatic N) is 3. The second-order valence-electron chi connectivity index (χ2n) is 6.14. The number of aryl methyl sites for hydroxylation is 1. The minimum Gasteiger partial charge on any atom is -0.436 e. The number of carbonyl (C=O) groups is 2. The number of nitrogens with one attached hydrogen (secondary N) is 1. The zero-order valence-electron chi connectivity index (χ0n) is 13.0. The van der Waals surface area contributed by atoms with Gasteiger partial charge in [-0.25, -0.2) is 14.2 Å². The maximum atomic E-state index is 12.6. The molecule has 2 amide bonds. The second-order valence-corrected chi connectivity index (χ2v) is 6.58. The number of rotatable bonds is 0. The molecule has 1 aromatic carbocycles. The van der Waals surface area contributed by atoms with Crippen molar-refractivity contribution in [3.05, 3.63) is 47.5 Å². The Morgan fingerprint density at radius 3 is 3.04 bits per heavy atom. The number of hydrogen-bond donors (Lipinski definition) is 1. The molecule has 7 nitrogen and oxygen atoms in total. The van der Waals surface area contributed by atoms with Gasteiger partial charge >= 0.3 is 12.1 Å². The normalized spacial score (nSPS) is 22.2. The summed E-state index contributed by atoms with van der Waals surface area (Å²) in [6.45, 7) is 0.800. The molecule has 2 aliphatic heterocycles. The number of anilines is 1. The average Bonchev–Trinajstić information content (AvgIpc) is 3.15. The number of likely N-dealkylation sites (tertiary alicyclic amines) is 1. The molecule has 2 aliphatic rings. The van der Waals surface area contributed by atoms with Crippen molar-refractivity contribution >= 4 is 29.4 Å². The summed E-state index contributed by atoms with van der Waals surface area (Å²) in [5.41, 5.74) is 0.633. The van der Waals surface area contributed by atoms with E-state index in [-0.39, 0.29) is 6.03 Å². The number of ether oxygens (including phenoxy) is 1. The number of carbonyl (C=O) groups excluding carboxylic acids is 2. The van der Waals surface area contributed by atoms with E-state index in [2.05, 4.69) is 5.32 Å². The van der Waals surface area contributed by atoms with Gasteiger partial charge in [-0.15, -0.1) is 0 Å². The Morgan fingerprint density at radius 1 is 1.46 bits per heavy atom. The highest BCUT2D eigenvalue weighted by Crippen LogP contribution is 2.43. The molecule has 1 aromatic heterocycles. The molecule has 2 aromatic rings. The van der Waals surface area contributed by atoms with Crippen LogP contribution in [-0.2, 0) is 17.4 Å². The average molecular weight is 348 g/mol. The largest absolute Gasteiger partial charge is 0.436 e. The molecule has 0 saturated carbocycles. The Labute approximate surface area is 143 Å². The number of halogens is 1. The molecule has 1 atom stereocenters. The van der Waals surface area contributed by atoms with Crippen molar-refractivity contribution in [1.29, 1.82) is 0 Å². The highest BCUT2D eigenvalue weighted by atomic mass is 35.5. The molecular weight excluding hydrogens is 332 g/mol.